The van der Waals surface area contributed by atoms with Crippen molar-refractivity contribution in [2.45, 2.75) is 25.8 Å². The summed E-state index contributed by atoms with van der Waals surface area (Å²) < 4.78 is 24.8. The number of nitrogens with one attached hydrogen (secondary N) is 2. The summed E-state index contributed by atoms with van der Waals surface area (Å²) >= 11 is 0. The molecule has 0 unspecified atom stereocenters. The van der Waals surface area contributed by atoms with E-state index in [1.165, 1.54) is 0 Å². The van der Waals surface area contributed by atoms with E-state index < -0.39 is 10.0 Å². The third-order valence-corrected chi connectivity index (χ3v) is 3.51. The summed E-state index contributed by atoms with van der Waals surface area (Å²) in [5.74, 6) is 0.960. The van der Waals surface area contributed by atoms with Crippen molar-refractivity contribution < 1.29 is 8.42 Å². The summed E-state index contributed by atoms with van der Waals surface area (Å²) in [6.45, 7) is 1.57. The number of nitrogens with zero attached hydrogens (tertiary/aromatic N) is 2. The van der Waals surface area contributed by atoms with Crippen LogP contribution in [0, 0.1) is 0 Å². The van der Waals surface area contributed by atoms with Crippen LogP contribution in [0.1, 0.15) is 19.8 Å². The third kappa shape index (κ3) is 3.06. The number of aromatic nitrogens is 2. The number of rotatable bonds is 5. The Morgan fingerprint density at radius 2 is 1.94 bits per heavy atom. The smallest absolute Gasteiger partial charge is 0.233 e. The van der Waals surface area contributed by atoms with Crippen LogP contribution in [0.3, 0.4) is 0 Å². The lowest BCUT2D eigenvalue weighted by atomic mass is 10.5. The lowest BCUT2D eigenvalue weighted by molar-refractivity contribution is 0.602. The van der Waals surface area contributed by atoms with Crippen molar-refractivity contribution in [2.24, 2.45) is 0 Å². The molecule has 0 atom stereocenters. The van der Waals surface area contributed by atoms with E-state index >= 15 is 0 Å². The van der Waals surface area contributed by atoms with E-state index in [1.807, 2.05) is 0 Å². The molecule has 0 aliphatic heterocycles. The molecule has 2 rings (SSSR count). The van der Waals surface area contributed by atoms with Crippen molar-refractivity contribution in [3.63, 3.8) is 0 Å². The minimum absolute atomic E-state index is 0.0246. The van der Waals surface area contributed by atoms with E-state index in [4.69, 9.17) is 0 Å². The molecule has 1 saturated carbocycles. The Bertz CT molecular complexity index is 453. The number of sulfonamides is 1. The van der Waals surface area contributed by atoms with Crippen LogP contribution >= 0.6 is 0 Å². The molecule has 1 aliphatic rings. The van der Waals surface area contributed by atoms with Gasteiger partial charge in [0.25, 0.3) is 0 Å². The molecule has 0 spiro atoms. The Balaban J connectivity index is 2.01. The standard InChI is InChI=1S/C9H14N4O2S/c1-2-16(14,15)13-9-6-5-8(11-12-9)10-7-3-4-7/h5-7H,2-4H2,1H3,(H,10,11)(H,12,13). The van der Waals surface area contributed by atoms with Crippen LogP contribution in [0.5, 0.6) is 0 Å². The van der Waals surface area contributed by atoms with Crippen LogP contribution in [0.4, 0.5) is 11.6 Å². The zero-order valence-corrected chi connectivity index (χ0v) is 9.79. The second kappa shape index (κ2) is 4.25. The molecular weight excluding hydrogens is 228 g/mol. The first-order valence-electron chi connectivity index (χ1n) is 5.20. The average molecular weight is 242 g/mol. The molecule has 0 saturated heterocycles. The number of hydrogen-bond acceptors (Lipinski definition) is 5. The lowest BCUT2D eigenvalue weighted by Gasteiger charge is -2.05. The van der Waals surface area contributed by atoms with E-state index in [-0.39, 0.29) is 11.6 Å². The van der Waals surface area contributed by atoms with E-state index in [0.29, 0.717) is 11.9 Å². The second-order valence-corrected chi connectivity index (χ2v) is 5.74. The van der Waals surface area contributed by atoms with E-state index in [2.05, 4.69) is 20.2 Å². The highest BCUT2D eigenvalue weighted by Gasteiger charge is 2.21. The van der Waals surface area contributed by atoms with E-state index in [0.717, 1.165) is 12.8 Å². The topological polar surface area (TPSA) is 84.0 Å². The first-order valence-corrected chi connectivity index (χ1v) is 6.85. The van der Waals surface area contributed by atoms with Crippen molar-refractivity contribution in [1.82, 2.24) is 10.2 Å². The van der Waals surface area contributed by atoms with Gasteiger partial charge in [-0.2, -0.15) is 0 Å². The molecule has 1 aromatic rings. The van der Waals surface area contributed by atoms with Crippen molar-refractivity contribution in [1.29, 1.82) is 0 Å². The average Bonchev–Trinajstić information content (AvgIpc) is 3.05. The largest absolute Gasteiger partial charge is 0.366 e. The predicted octanol–water partition coefficient (Wildman–Crippen LogP) is 0.812. The van der Waals surface area contributed by atoms with Crippen LogP contribution in [0.25, 0.3) is 0 Å². The van der Waals surface area contributed by atoms with Crippen molar-refractivity contribution >= 4 is 21.7 Å². The normalized spacial score (nSPS) is 15.8. The van der Waals surface area contributed by atoms with Gasteiger partial charge < -0.3 is 5.32 Å². The van der Waals surface area contributed by atoms with Gasteiger partial charge in [-0.05, 0) is 31.9 Å². The van der Waals surface area contributed by atoms with Crippen molar-refractivity contribution in [2.75, 3.05) is 15.8 Å². The molecule has 88 valence electrons. The fraction of sp³-hybridized carbons (Fsp3) is 0.556. The summed E-state index contributed by atoms with van der Waals surface area (Å²) in [5.41, 5.74) is 0. The van der Waals surface area contributed by atoms with Crippen LogP contribution in [-0.2, 0) is 10.0 Å². The number of hydrogen-bond donors (Lipinski definition) is 2. The maximum Gasteiger partial charge on any atom is 0.233 e. The van der Waals surface area contributed by atoms with Crippen LogP contribution in [0.2, 0.25) is 0 Å². The molecule has 0 amide bonds. The quantitative estimate of drug-likeness (QED) is 0.798. The van der Waals surface area contributed by atoms with Crippen LogP contribution < -0.4 is 10.0 Å². The molecule has 0 bridgehead atoms. The van der Waals surface area contributed by atoms with Gasteiger partial charge in [0.1, 0.15) is 5.82 Å². The molecule has 6 nitrogen and oxygen atoms in total. The fourth-order valence-corrected chi connectivity index (χ4v) is 1.70. The molecule has 16 heavy (non-hydrogen) atoms. The minimum Gasteiger partial charge on any atom is -0.366 e. The highest BCUT2D eigenvalue weighted by atomic mass is 32.2. The van der Waals surface area contributed by atoms with Gasteiger partial charge in [0.2, 0.25) is 10.0 Å². The minimum atomic E-state index is -3.27. The van der Waals surface area contributed by atoms with Crippen molar-refractivity contribution in [3.8, 4) is 0 Å². The van der Waals surface area contributed by atoms with Gasteiger partial charge >= 0.3 is 0 Å². The second-order valence-electron chi connectivity index (χ2n) is 3.73. The lowest BCUT2D eigenvalue weighted by Crippen LogP contribution is -2.16. The molecule has 7 heteroatoms. The van der Waals surface area contributed by atoms with Crippen LogP contribution in [0.15, 0.2) is 12.1 Å². The summed E-state index contributed by atoms with van der Waals surface area (Å²) in [6.07, 6.45) is 2.32. The molecule has 1 aliphatic carbocycles. The maximum atomic E-state index is 11.2. The summed E-state index contributed by atoms with van der Waals surface area (Å²) in [7, 11) is -3.27. The molecule has 0 radical (unpaired) electrons. The molecule has 1 aromatic heterocycles. The van der Waals surface area contributed by atoms with Gasteiger partial charge in [-0.25, -0.2) is 8.42 Å². The van der Waals surface area contributed by atoms with Gasteiger partial charge in [-0.3, -0.25) is 4.72 Å². The van der Waals surface area contributed by atoms with Gasteiger partial charge in [-0.15, -0.1) is 10.2 Å². The third-order valence-electron chi connectivity index (χ3n) is 2.23. The molecule has 0 aromatic carbocycles. The van der Waals surface area contributed by atoms with Gasteiger partial charge in [0.15, 0.2) is 5.82 Å². The fourth-order valence-electron chi connectivity index (χ4n) is 1.13. The van der Waals surface area contributed by atoms with Crippen molar-refractivity contribution in [3.05, 3.63) is 12.1 Å². The zero-order valence-electron chi connectivity index (χ0n) is 8.97. The predicted molar refractivity (Wildman–Crippen MR) is 61.8 cm³/mol. The monoisotopic (exact) mass is 242 g/mol. The number of anilines is 2. The first-order chi connectivity index (χ1) is 7.59. The Morgan fingerprint density at radius 1 is 1.31 bits per heavy atom. The highest BCUT2D eigenvalue weighted by molar-refractivity contribution is 7.92. The molecular formula is C9H14N4O2S. The zero-order chi connectivity index (χ0) is 11.6. The maximum absolute atomic E-state index is 11.2. The molecule has 1 fully saturated rings. The van der Waals surface area contributed by atoms with E-state index in [1.54, 1.807) is 19.1 Å². The Hall–Kier alpha value is -1.37. The summed E-state index contributed by atoms with van der Waals surface area (Å²) in [6, 6.07) is 3.83. The summed E-state index contributed by atoms with van der Waals surface area (Å²) in [5, 5.41) is 10.8. The van der Waals surface area contributed by atoms with Gasteiger partial charge in [0.05, 0.1) is 5.75 Å². The van der Waals surface area contributed by atoms with Gasteiger partial charge in [0, 0.05) is 6.04 Å². The van der Waals surface area contributed by atoms with Crippen LogP contribution in [-0.4, -0.2) is 30.4 Å². The SMILES string of the molecule is CCS(=O)(=O)Nc1ccc(NC2CC2)nn1. The Morgan fingerprint density at radius 3 is 2.44 bits per heavy atom. The Labute approximate surface area is 94.5 Å². The van der Waals surface area contributed by atoms with Gasteiger partial charge in [-0.1, -0.05) is 0 Å². The highest BCUT2D eigenvalue weighted by Crippen LogP contribution is 2.23. The molecule has 1 heterocycles. The molecule has 2 N–H and O–H groups in total. The summed E-state index contributed by atoms with van der Waals surface area (Å²) in [4.78, 5) is 0. The van der Waals surface area contributed by atoms with E-state index in [9.17, 15) is 8.42 Å². The Kier molecular flexibility index (Phi) is 2.95. The first kappa shape index (κ1) is 11.1.